The minimum absolute atomic E-state index is 0.215. The van der Waals surface area contributed by atoms with Crippen LogP contribution >= 0.6 is 0 Å². The van der Waals surface area contributed by atoms with E-state index < -0.39 is 17.4 Å². The van der Waals surface area contributed by atoms with Gasteiger partial charge in [0.15, 0.2) is 5.41 Å². The van der Waals surface area contributed by atoms with Gasteiger partial charge in [-0.2, -0.15) is 0 Å². The number of ether oxygens (including phenoxy) is 1. The molecule has 1 rings (SSSR count). The van der Waals surface area contributed by atoms with Crippen molar-refractivity contribution in [1.82, 2.24) is 0 Å². The van der Waals surface area contributed by atoms with Gasteiger partial charge in [-0.15, -0.1) is 0 Å². The molecule has 0 spiro atoms. The molecule has 0 aromatic carbocycles. The zero-order valence-electron chi connectivity index (χ0n) is 8.07. The second-order valence-corrected chi connectivity index (χ2v) is 3.73. The van der Waals surface area contributed by atoms with Crippen LogP contribution in [0.3, 0.4) is 0 Å². The summed E-state index contributed by atoms with van der Waals surface area (Å²) in [5.74, 6) is -2.30. The number of aliphatic carboxylic acids is 1. The average Bonchev–Trinajstić information content (AvgIpc) is 1.95. The van der Waals surface area contributed by atoms with Crippen LogP contribution in [0.2, 0.25) is 0 Å². The highest BCUT2D eigenvalue weighted by molar-refractivity contribution is 6.11. The SMILES string of the molecule is CC(C)OC(=O)C1(C(=O)O)CC(=O)C1. The maximum Gasteiger partial charge on any atom is 0.324 e. The second-order valence-electron chi connectivity index (χ2n) is 3.73. The molecule has 0 radical (unpaired) electrons. The largest absolute Gasteiger partial charge is 0.480 e. The first-order valence-corrected chi connectivity index (χ1v) is 4.34. The van der Waals surface area contributed by atoms with Crippen molar-refractivity contribution >= 4 is 17.7 Å². The lowest BCUT2D eigenvalue weighted by Crippen LogP contribution is -2.51. The summed E-state index contributed by atoms with van der Waals surface area (Å²) in [5, 5.41) is 8.83. The molecule has 0 saturated heterocycles. The number of carbonyl (C=O) groups excluding carboxylic acids is 2. The number of hydrogen-bond donors (Lipinski definition) is 1. The summed E-state index contributed by atoms with van der Waals surface area (Å²) in [6.07, 6.45) is -0.851. The van der Waals surface area contributed by atoms with Gasteiger partial charge in [0.1, 0.15) is 5.78 Å². The Kier molecular flexibility index (Phi) is 2.59. The molecule has 0 unspecified atom stereocenters. The lowest BCUT2D eigenvalue weighted by Gasteiger charge is -2.33. The minimum Gasteiger partial charge on any atom is -0.480 e. The van der Waals surface area contributed by atoms with Crippen LogP contribution in [0.15, 0.2) is 0 Å². The molecule has 0 atom stereocenters. The van der Waals surface area contributed by atoms with Gasteiger partial charge >= 0.3 is 11.9 Å². The Balaban J connectivity index is 2.75. The maximum absolute atomic E-state index is 11.4. The van der Waals surface area contributed by atoms with E-state index in [2.05, 4.69) is 0 Å². The van der Waals surface area contributed by atoms with Crippen molar-refractivity contribution in [2.45, 2.75) is 32.8 Å². The van der Waals surface area contributed by atoms with Gasteiger partial charge in [0.2, 0.25) is 0 Å². The Morgan fingerprint density at radius 3 is 2.21 bits per heavy atom. The number of esters is 1. The van der Waals surface area contributed by atoms with Crippen molar-refractivity contribution in [3.8, 4) is 0 Å². The molecule has 14 heavy (non-hydrogen) atoms. The van der Waals surface area contributed by atoms with Gasteiger partial charge in [-0.3, -0.25) is 14.4 Å². The molecular weight excluding hydrogens is 188 g/mol. The molecule has 1 fully saturated rings. The lowest BCUT2D eigenvalue weighted by molar-refractivity contribution is -0.181. The molecule has 5 nitrogen and oxygen atoms in total. The maximum atomic E-state index is 11.4. The molecule has 1 aliphatic rings. The number of hydrogen-bond acceptors (Lipinski definition) is 4. The number of ketones is 1. The molecular formula is C9H12O5. The fraction of sp³-hybridized carbons (Fsp3) is 0.667. The van der Waals surface area contributed by atoms with E-state index in [1.165, 1.54) is 0 Å². The lowest BCUT2D eigenvalue weighted by atomic mass is 9.68. The normalized spacial score (nSPS) is 18.9. The van der Waals surface area contributed by atoms with Crippen LogP contribution in [0.5, 0.6) is 0 Å². The van der Waals surface area contributed by atoms with Crippen LogP contribution in [0.1, 0.15) is 26.7 Å². The van der Waals surface area contributed by atoms with Gasteiger partial charge in [-0.1, -0.05) is 0 Å². The van der Waals surface area contributed by atoms with Crippen LogP contribution in [0.25, 0.3) is 0 Å². The topological polar surface area (TPSA) is 80.7 Å². The zero-order valence-corrected chi connectivity index (χ0v) is 8.07. The monoisotopic (exact) mass is 200 g/mol. The summed E-state index contributed by atoms with van der Waals surface area (Å²) < 4.78 is 4.80. The average molecular weight is 200 g/mol. The predicted octanol–water partition coefficient (Wildman–Crippen LogP) is 0.372. The number of carboxylic acid groups (broad SMARTS) is 1. The smallest absolute Gasteiger partial charge is 0.324 e. The summed E-state index contributed by atoms with van der Waals surface area (Å²) >= 11 is 0. The molecule has 0 bridgehead atoms. The second kappa shape index (κ2) is 3.40. The highest BCUT2D eigenvalue weighted by Gasteiger charge is 2.57. The van der Waals surface area contributed by atoms with Crippen LogP contribution in [0, 0.1) is 5.41 Å². The highest BCUT2D eigenvalue weighted by Crippen LogP contribution is 2.39. The predicted molar refractivity (Wildman–Crippen MR) is 45.5 cm³/mol. The first-order chi connectivity index (χ1) is 6.38. The van der Waals surface area contributed by atoms with E-state index >= 15 is 0 Å². The summed E-state index contributed by atoms with van der Waals surface area (Å²) in [6.45, 7) is 3.27. The summed E-state index contributed by atoms with van der Waals surface area (Å²) in [7, 11) is 0. The fourth-order valence-corrected chi connectivity index (χ4v) is 1.33. The molecule has 1 aliphatic carbocycles. The van der Waals surface area contributed by atoms with Crippen molar-refractivity contribution < 1.29 is 24.2 Å². The van der Waals surface area contributed by atoms with Gasteiger partial charge in [0, 0.05) is 12.8 Å². The number of carbonyl (C=O) groups is 3. The number of Topliss-reactive ketones (excluding diaryl/α,β-unsaturated/α-hetero) is 1. The summed E-state index contributed by atoms with van der Waals surface area (Å²) in [6, 6.07) is 0. The van der Waals surface area contributed by atoms with E-state index in [1.54, 1.807) is 13.8 Å². The third-order valence-corrected chi connectivity index (χ3v) is 2.14. The quantitative estimate of drug-likeness (QED) is 0.526. The molecule has 1 saturated carbocycles. The van der Waals surface area contributed by atoms with E-state index in [4.69, 9.17) is 9.84 Å². The van der Waals surface area contributed by atoms with Crippen LogP contribution < -0.4 is 0 Å². The minimum atomic E-state index is -1.61. The van der Waals surface area contributed by atoms with Gasteiger partial charge < -0.3 is 9.84 Å². The first kappa shape index (κ1) is 10.7. The van der Waals surface area contributed by atoms with Crippen LogP contribution in [0.4, 0.5) is 0 Å². The molecule has 0 aliphatic heterocycles. The first-order valence-electron chi connectivity index (χ1n) is 4.34. The van der Waals surface area contributed by atoms with Crippen molar-refractivity contribution in [1.29, 1.82) is 0 Å². The Morgan fingerprint density at radius 1 is 1.43 bits per heavy atom. The summed E-state index contributed by atoms with van der Waals surface area (Å²) in [5.41, 5.74) is -1.61. The standard InChI is InChI=1S/C9H12O5/c1-5(2)14-8(13)9(7(11)12)3-6(10)4-9/h5H,3-4H2,1-2H3,(H,11,12). The van der Waals surface area contributed by atoms with Crippen molar-refractivity contribution in [2.24, 2.45) is 5.41 Å². The third-order valence-electron chi connectivity index (χ3n) is 2.14. The Morgan fingerprint density at radius 2 is 1.93 bits per heavy atom. The van der Waals surface area contributed by atoms with Gasteiger partial charge in [-0.05, 0) is 13.8 Å². The van der Waals surface area contributed by atoms with E-state index in [0.717, 1.165) is 0 Å². The van der Waals surface area contributed by atoms with Crippen molar-refractivity contribution in [3.63, 3.8) is 0 Å². The van der Waals surface area contributed by atoms with Crippen molar-refractivity contribution in [2.75, 3.05) is 0 Å². The Hall–Kier alpha value is -1.39. The molecule has 0 heterocycles. The van der Waals surface area contributed by atoms with Gasteiger partial charge in [-0.25, -0.2) is 0 Å². The van der Waals surface area contributed by atoms with E-state index in [1.807, 2.05) is 0 Å². The molecule has 0 aromatic rings. The third kappa shape index (κ3) is 1.62. The number of carboxylic acids is 1. The Labute approximate surface area is 81.0 Å². The Bertz CT molecular complexity index is 284. The molecule has 0 amide bonds. The van der Waals surface area contributed by atoms with Gasteiger partial charge in [0.05, 0.1) is 6.10 Å². The molecule has 1 N–H and O–H groups in total. The summed E-state index contributed by atoms with van der Waals surface area (Å²) in [4.78, 5) is 32.9. The van der Waals surface area contributed by atoms with E-state index in [9.17, 15) is 14.4 Å². The molecule has 0 aromatic heterocycles. The van der Waals surface area contributed by atoms with Crippen LogP contribution in [-0.4, -0.2) is 28.9 Å². The van der Waals surface area contributed by atoms with E-state index in [0.29, 0.717) is 0 Å². The number of rotatable bonds is 3. The van der Waals surface area contributed by atoms with Crippen molar-refractivity contribution in [3.05, 3.63) is 0 Å². The van der Waals surface area contributed by atoms with Gasteiger partial charge in [0.25, 0.3) is 0 Å². The van der Waals surface area contributed by atoms with Crippen LogP contribution in [-0.2, 0) is 19.1 Å². The molecule has 78 valence electrons. The zero-order chi connectivity index (χ0) is 10.9. The highest BCUT2D eigenvalue weighted by atomic mass is 16.5. The van der Waals surface area contributed by atoms with E-state index in [-0.39, 0.29) is 24.7 Å². The fourth-order valence-electron chi connectivity index (χ4n) is 1.33. The molecule has 5 heteroatoms.